The summed E-state index contributed by atoms with van der Waals surface area (Å²) in [5.74, 6) is -1.28. The van der Waals surface area contributed by atoms with E-state index >= 15 is 0 Å². The molecule has 2 aromatic carbocycles. The molecule has 1 aliphatic heterocycles. The van der Waals surface area contributed by atoms with Crippen LogP contribution in [-0.4, -0.2) is 30.9 Å². The van der Waals surface area contributed by atoms with Crippen LogP contribution in [0.5, 0.6) is 11.5 Å². The van der Waals surface area contributed by atoms with Gasteiger partial charge in [0.15, 0.2) is 18.1 Å². The molecule has 1 aliphatic rings. The lowest BCUT2D eigenvalue weighted by atomic mass is 10.1. The van der Waals surface area contributed by atoms with E-state index in [2.05, 4.69) is 5.43 Å². The van der Waals surface area contributed by atoms with Crippen LogP contribution in [0.2, 0.25) is 5.02 Å². The van der Waals surface area contributed by atoms with Crippen LogP contribution in [0, 0.1) is 0 Å². The zero-order chi connectivity index (χ0) is 21.0. The zero-order valence-corrected chi connectivity index (χ0v) is 16.2. The maximum atomic E-state index is 12.7. The van der Waals surface area contributed by atoms with E-state index in [-0.39, 0.29) is 28.7 Å². The number of nitrogens with two attached hydrogens (primary N) is 1. The molecular weight excluding hydrogens is 398 g/mol. The zero-order valence-electron chi connectivity index (χ0n) is 15.5. The third kappa shape index (κ3) is 4.49. The highest BCUT2D eigenvalue weighted by Crippen LogP contribution is 2.37. The number of anilines is 1. The van der Waals surface area contributed by atoms with Gasteiger partial charge in [-0.25, -0.2) is 5.01 Å². The van der Waals surface area contributed by atoms with Gasteiger partial charge in [0, 0.05) is 0 Å². The molecule has 0 radical (unpaired) electrons. The van der Waals surface area contributed by atoms with Gasteiger partial charge in [0.25, 0.3) is 17.7 Å². The standard InChI is InChI=1S/C20H18ClN3O5/c1-2-28-16-10-12(9-15(21)18(16)29-11-17(22)25)8-14-19(26)23-24(20(14)27)13-6-4-3-5-7-13/h3-10H,2,11H2,1H3,(H2,22,25)(H,23,26)/b14-8-. The van der Waals surface area contributed by atoms with Crippen LogP contribution in [0.3, 0.4) is 0 Å². The van der Waals surface area contributed by atoms with E-state index in [0.29, 0.717) is 17.9 Å². The summed E-state index contributed by atoms with van der Waals surface area (Å²) in [6.07, 6.45) is 1.41. The minimum absolute atomic E-state index is 0.0572. The van der Waals surface area contributed by atoms with Crippen molar-refractivity contribution >= 4 is 41.1 Å². The van der Waals surface area contributed by atoms with Gasteiger partial charge in [-0.05, 0) is 42.8 Å². The third-order valence-corrected chi connectivity index (χ3v) is 4.19. The number of ether oxygens (including phenoxy) is 2. The molecule has 1 heterocycles. The fourth-order valence-electron chi connectivity index (χ4n) is 2.70. The number of nitrogens with zero attached hydrogens (tertiary/aromatic N) is 1. The normalized spacial score (nSPS) is 14.8. The number of hydrogen-bond donors (Lipinski definition) is 2. The minimum atomic E-state index is -0.663. The molecule has 0 aliphatic carbocycles. The van der Waals surface area contributed by atoms with Gasteiger partial charge in [-0.15, -0.1) is 0 Å². The highest BCUT2D eigenvalue weighted by Gasteiger charge is 2.34. The van der Waals surface area contributed by atoms with Crippen LogP contribution in [0.25, 0.3) is 6.08 Å². The Bertz CT molecular complexity index is 991. The highest BCUT2D eigenvalue weighted by atomic mass is 35.5. The van der Waals surface area contributed by atoms with Crippen LogP contribution < -0.4 is 25.6 Å². The molecule has 0 saturated carbocycles. The molecule has 8 nitrogen and oxygen atoms in total. The number of hydrazine groups is 1. The fourth-order valence-corrected chi connectivity index (χ4v) is 2.97. The molecule has 3 N–H and O–H groups in total. The predicted octanol–water partition coefficient (Wildman–Crippen LogP) is 2.06. The number of nitrogens with one attached hydrogen (secondary N) is 1. The molecule has 29 heavy (non-hydrogen) atoms. The number of carbonyl (C=O) groups is 3. The van der Waals surface area contributed by atoms with E-state index in [0.717, 1.165) is 0 Å². The van der Waals surface area contributed by atoms with E-state index in [9.17, 15) is 14.4 Å². The molecule has 9 heteroatoms. The Morgan fingerprint density at radius 3 is 2.59 bits per heavy atom. The fraction of sp³-hybridized carbons (Fsp3) is 0.150. The van der Waals surface area contributed by atoms with Gasteiger partial charge < -0.3 is 15.2 Å². The lowest BCUT2D eigenvalue weighted by molar-refractivity contribution is -0.120. The molecule has 3 rings (SSSR count). The SMILES string of the molecule is CCOc1cc(/C=C2/C(=O)NN(c3ccccc3)C2=O)cc(Cl)c1OCC(N)=O. The molecule has 2 aromatic rings. The number of para-hydroxylation sites is 1. The van der Waals surface area contributed by atoms with Crippen molar-refractivity contribution in [3.05, 3.63) is 58.6 Å². The number of primary amides is 1. The Kier molecular flexibility index (Phi) is 6.04. The number of rotatable bonds is 7. The summed E-state index contributed by atoms with van der Waals surface area (Å²) >= 11 is 6.25. The van der Waals surface area contributed by atoms with E-state index in [1.807, 2.05) is 6.07 Å². The maximum absolute atomic E-state index is 12.7. The number of carbonyl (C=O) groups excluding carboxylic acids is 3. The first-order chi connectivity index (χ1) is 13.9. The first-order valence-electron chi connectivity index (χ1n) is 8.70. The molecule has 0 aromatic heterocycles. The summed E-state index contributed by atoms with van der Waals surface area (Å²) in [5, 5.41) is 1.32. The molecule has 1 fully saturated rings. The third-order valence-electron chi connectivity index (χ3n) is 3.91. The molecule has 0 atom stereocenters. The van der Waals surface area contributed by atoms with Crippen molar-refractivity contribution in [1.29, 1.82) is 0 Å². The van der Waals surface area contributed by atoms with E-state index in [4.69, 9.17) is 26.8 Å². The van der Waals surface area contributed by atoms with Crippen molar-refractivity contribution in [2.75, 3.05) is 18.2 Å². The van der Waals surface area contributed by atoms with E-state index < -0.39 is 17.7 Å². The number of amides is 3. The molecule has 150 valence electrons. The Morgan fingerprint density at radius 1 is 1.21 bits per heavy atom. The smallest absolute Gasteiger partial charge is 0.282 e. The Morgan fingerprint density at radius 2 is 1.93 bits per heavy atom. The highest BCUT2D eigenvalue weighted by molar-refractivity contribution is 6.33. The van der Waals surface area contributed by atoms with Gasteiger partial charge in [-0.3, -0.25) is 19.8 Å². The van der Waals surface area contributed by atoms with Gasteiger partial charge >= 0.3 is 0 Å². The largest absolute Gasteiger partial charge is 0.490 e. The van der Waals surface area contributed by atoms with Crippen molar-refractivity contribution in [3.8, 4) is 11.5 Å². The maximum Gasteiger partial charge on any atom is 0.282 e. The van der Waals surface area contributed by atoms with Gasteiger partial charge in [0.2, 0.25) is 0 Å². The van der Waals surface area contributed by atoms with Crippen LogP contribution in [0.15, 0.2) is 48.0 Å². The molecule has 0 unspecified atom stereocenters. The van der Waals surface area contributed by atoms with Gasteiger partial charge in [0.05, 0.1) is 17.3 Å². The lowest BCUT2D eigenvalue weighted by Crippen LogP contribution is -2.35. The summed E-state index contributed by atoms with van der Waals surface area (Å²) in [7, 11) is 0. The van der Waals surface area contributed by atoms with E-state index in [1.165, 1.54) is 17.2 Å². The monoisotopic (exact) mass is 415 g/mol. The summed E-state index contributed by atoms with van der Waals surface area (Å²) in [6, 6.07) is 11.8. The lowest BCUT2D eigenvalue weighted by Gasteiger charge is -2.14. The average molecular weight is 416 g/mol. The first-order valence-corrected chi connectivity index (χ1v) is 9.08. The quantitative estimate of drug-likeness (QED) is 0.531. The average Bonchev–Trinajstić information content (AvgIpc) is 2.96. The Labute approximate surface area is 171 Å². The minimum Gasteiger partial charge on any atom is -0.490 e. The summed E-state index contributed by atoms with van der Waals surface area (Å²) in [4.78, 5) is 36.0. The van der Waals surface area contributed by atoms with Crippen molar-refractivity contribution in [3.63, 3.8) is 0 Å². The summed E-state index contributed by atoms with van der Waals surface area (Å²) < 4.78 is 10.8. The Balaban J connectivity index is 1.94. The van der Waals surface area contributed by atoms with Crippen LogP contribution in [0.1, 0.15) is 12.5 Å². The molecule has 0 spiro atoms. The summed E-state index contributed by atoms with van der Waals surface area (Å²) in [6.45, 7) is 1.71. The Hall–Kier alpha value is -3.52. The number of halogens is 1. The second-order valence-corrected chi connectivity index (χ2v) is 6.40. The van der Waals surface area contributed by atoms with Gasteiger partial charge in [0.1, 0.15) is 5.57 Å². The van der Waals surface area contributed by atoms with Crippen LogP contribution in [0.4, 0.5) is 5.69 Å². The molecule has 0 bridgehead atoms. The van der Waals surface area contributed by atoms with Crippen LogP contribution >= 0.6 is 11.6 Å². The number of benzene rings is 2. The van der Waals surface area contributed by atoms with Gasteiger partial charge in [-0.1, -0.05) is 29.8 Å². The predicted molar refractivity (Wildman–Crippen MR) is 107 cm³/mol. The van der Waals surface area contributed by atoms with Crippen molar-refractivity contribution in [1.82, 2.24) is 5.43 Å². The van der Waals surface area contributed by atoms with Gasteiger partial charge in [-0.2, -0.15) is 0 Å². The summed E-state index contributed by atoms with van der Waals surface area (Å²) in [5.41, 5.74) is 8.56. The topological polar surface area (TPSA) is 111 Å². The molecule has 1 saturated heterocycles. The van der Waals surface area contributed by atoms with Crippen molar-refractivity contribution < 1.29 is 23.9 Å². The van der Waals surface area contributed by atoms with Crippen molar-refractivity contribution in [2.45, 2.75) is 6.92 Å². The molecule has 3 amide bonds. The first kappa shape index (κ1) is 20.2. The number of hydrogen-bond acceptors (Lipinski definition) is 5. The second kappa shape index (κ2) is 8.66. The molecular formula is C20H18ClN3O5. The van der Waals surface area contributed by atoms with Crippen molar-refractivity contribution in [2.24, 2.45) is 5.73 Å². The van der Waals surface area contributed by atoms with E-state index in [1.54, 1.807) is 37.3 Å². The van der Waals surface area contributed by atoms with Crippen LogP contribution in [-0.2, 0) is 14.4 Å². The second-order valence-electron chi connectivity index (χ2n) is 5.99.